The summed E-state index contributed by atoms with van der Waals surface area (Å²) in [4.78, 5) is 11.8. The smallest absolute Gasteiger partial charge is 0.244 e. The predicted octanol–water partition coefficient (Wildman–Crippen LogP) is 0.541. The molecule has 1 atom stereocenters. The lowest BCUT2D eigenvalue weighted by molar-refractivity contribution is -0.126. The minimum absolute atomic E-state index is 0.139. The molecule has 2 rings (SSSR count). The molecule has 4 heteroatoms. The Morgan fingerprint density at radius 1 is 1.56 bits per heavy atom. The minimum Gasteiger partial charge on any atom is -0.496 e. The number of benzene rings is 1. The van der Waals surface area contributed by atoms with Crippen molar-refractivity contribution >= 4 is 5.91 Å². The van der Waals surface area contributed by atoms with Gasteiger partial charge in [0.05, 0.1) is 7.11 Å². The van der Waals surface area contributed by atoms with Gasteiger partial charge in [-0.15, -0.1) is 0 Å². The van der Waals surface area contributed by atoms with Gasteiger partial charge >= 0.3 is 0 Å². The quantitative estimate of drug-likeness (QED) is 0.764. The molecule has 0 heterocycles. The van der Waals surface area contributed by atoms with Crippen molar-refractivity contribution in [1.29, 1.82) is 0 Å². The Balaban J connectivity index is 2.51. The molecule has 0 spiro atoms. The molecular formula is C12H16N2O2. The Bertz CT molecular complexity index is 431. The molecule has 1 aliphatic carbocycles. The van der Waals surface area contributed by atoms with E-state index in [1.807, 2.05) is 18.2 Å². The van der Waals surface area contributed by atoms with Crippen molar-refractivity contribution in [2.45, 2.75) is 18.4 Å². The Morgan fingerprint density at radius 2 is 2.31 bits per heavy atom. The van der Waals surface area contributed by atoms with Crippen molar-refractivity contribution in [3.63, 3.8) is 0 Å². The summed E-state index contributed by atoms with van der Waals surface area (Å²) in [5.41, 5.74) is 7.21. The zero-order valence-electron chi connectivity index (χ0n) is 9.54. The Hall–Kier alpha value is -1.55. The second kappa shape index (κ2) is 3.79. The molecule has 0 saturated carbocycles. The van der Waals surface area contributed by atoms with Crippen molar-refractivity contribution in [2.75, 3.05) is 14.2 Å². The van der Waals surface area contributed by atoms with Gasteiger partial charge in [-0.3, -0.25) is 4.79 Å². The molecule has 16 heavy (non-hydrogen) atoms. The van der Waals surface area contributed by atoms with Crippen molar-refractivity contribution in [1.82, 2.24) is 5.32 Å². The number of hydrogen-bond donors (Lipinski definition) is 2. The molecule has 0 fully saturated rings. The predicted molar refractivity (Wildman–Crippen MR) is 61.2 cm³/mol. The highest BCUT2D eigenvalue weighted by atomic mass is 16.5. The minimum atomic E-state index is -0.904. The van der Waals surface area contributed by atoms with Crippen LogP contribution in [0.3, 0.4) is 0 Å². The van der Waals surface area contributed by atoms with Crippen LogP contribution in [0.2, 0.25) is 0 Å². The number of nitrogens with two attached hydrogens (primary N) is 1. The molecule has 1 aliphatic rings. The number of likely N-dealkylation sites (N-methyl/N-ethyl adjacent to an activating group) is 1. The summed E-state index contributed by atoms with van der Waals surface area (Å²) in [5.74, 6) is 0.674. The number of amides is 1. The number of methoxy groups -OCH3 is 1. The number of hydrogen-bond acceptors (Lipinski definition) is 3. The first-order valence-corrected chi connectivity index (χ1v) is 5.31. The number of carbonyl (C=O) groups excluding carboxylic acids is 1. The zero-order valence-corrected chi connectivity index (χ0v) is 9.54. The van der Waals surface area contributed by atoms with Crippen LogP contribution in [-0.4, -0.2) is 20.1 Å². The number of ether oxygens (including phenoxy) is 1. The van der Waals surface area contributed by atoms with Crippen LogP contribution in [-0.2, 0) is 16.8 Å². The highest BCUT2D eigenvalue weighted by molar-refractivity contribution is 5.88. The number of carbonyl (C=O) groups is 1. The molecule has 4 nitrogen and oxygen atoms in total. The summed E-state index contributed by atoms with van der Waals surface area (Å²) in [5, 5.41) is 2.62. The number of fused-ring (bicyclic) bond motifs is 1. The molecule has 1 amide bonds. The first-order chi connectivity index (χ1) is 7.63. The third-order valence-corrected chi connectivity index (χ3v) is 3.24. The maximum Gasteiger partial charge on any atom is 0.244 e. The van der Waals surface area contributed by atoms with Crippen LogP contribution in [0.15, 0.2) is 18.2 Å². The number of nitrogens with one attached hydrogen (secondary N) is 1. The molecule has 0 aromatic heterocycles. The monoisotopic (exact) mass is 220 g/mol. The maximum atomic E-state index is 11.8. The van der Waals surface area contributed by atoms with E-state index in [4.69, 9.17) is 10.5 Å². The summed E-state index contributed by atoms with van der Waals surface area (Å²) >= 11 is 0. The third kappa shape index (κ3) is 1.38. The normalized spacial score (nSPS) is 22.7. The van der Waals surface area contributed by atoms with E-state index in [0.717, 1.165) is 23.3 Å². The molecule has 3 N–H and O–H groups in total. The maximum absolute atomic E-state index is 11.8. The lowest BCUT2D eigenvalue weighted by Gasteiger charge is -2.23. The summed E-state index contributed by atoms with van der Waals surface area (Å²) in [6.07, 6.45) is 1.41. The zero-order chi connectivity index (χ0) is 11.8. The Kier molecular flexibility index (Phi) is 2.59. The van der Waals surface area contributed by atoms with E-state index in [1.165, 1.54) is 0 Å². The number of rotatable bonds is 2. The van der Waals surface area contributed by atoms with E-state index >= 15 is 0 Å². The summed E-state index contributed by atoms with van der Waals surface area (Å²) in [7, 11) is 3.24. The van der Waals surface area contributed by atoms with Crippen LogP contribution in [0.1, 0.15) is 17.5 Å². The van der Waals surface area contributed by atoms with E-state index < -0.39 is 5.54 Å². The Morgan fingerprint density at radius 3 is 2.94 bits per heavy atom. The molecule has 0 bridgehead atoms. The van der Waals surface area contributed by atoms with Gasteiger partial charge in [0, 0.05) is 7.05 Å². The average molecular weight is 220 g/mol. The lowest BCUT2D eigenvalue weighted by atomic mass is 9.92. The highest BCUT2D eigenvalue weighted by Gasteiger charge is 2.42. The van der Waals surface area contributed by atoms with Gasteiger partial charge in [-0.05, 0) is 30.0 Å². The topological polar surface area (TPSA) is 64.4 Å². The van der Waals surface area contributed by atoms with E-state index in [2.05, 4.69) is 5.32 Å². The largest absolute Gasteiger partial charge is 0.496 e. The van der Waals surface area contributed by atoms with Crippen LogP contribution in [0, 0.1) is 0 Å². The molecule has 0 aliphatic heterocycles. The molecule has 1 unspecified atom stereocenters. The van der Waals surface area contributed by atoms with Crippen LogP contribution >= 0.6 is 0 Å². The third-order valence-electron chi connectivity index (χ3n) is 3.24. The van der Waals surface area contributed by atoms with Gasteiger partial charge in [0.25, 0.3) is 0 Å². The van der Waals surface area contributed by atoms with Gasteiger partial charge in [0.2, 0.25) is 5.91 Å². The second-order valence-corrected chi connectivity index (χ2v) is 4.04. The molecular weight excluding hydrogens is 204 g/mol. The standard InChI is InChI=1S/C12H16N2O2/c1-14-11(15)12(13)7-6-8-9(12)4-3-5-10(8)16-2/h3-5H,6-7,13H2,1-2H3,(H,14,15). The van der Waals surface area contributed by atoms with Gasteiger partial charge in [0.15, 0.2) is 0 Å². The highest BCUT2D eigenvalue weighted by Crippen LogP contribution is 2.39. The first kappa shape index (κ1) is 11.0. The van der Waals surface area contributed by atoms with Crippen LogP contribution in [0.4, 0.5) is 0 Å². The summed E-state index contributed by atoms with van der Waals surface area (Å²) in [6, 6.07) is 5.67. The fourth-order valence-corrected chi connectivity index (χ4v) is 2.35. The van der Waals surface area contributed by atoms with Gasteiger partial charge < -0.3 is 15.8 Å². The van der Waals surface area contributed by atoms with Crippen molar-refractivity contribution in [3.8, 4) is 5.75 Å². The molecule has 1 aromatic rings. The van der Waals surface area contributed by atoms with E-state index in [-0.39, 0.29) is 5.91 Å². The first-order valence-electron chi connectivity index (χ1n) is 5.31. The van der Waals surface area contributed by atoms with Crippen LogP contribution in [0.5, 0.6) is 5.75 Å². The van der Waals surface area contributed by atoms with E-state index in [9.17, 15) is 4.79 Å². The molecule has 0 radical (unpaired) electrons. The SMILES string of the molecule is CNC(=O)C1(N)CCc2c(OC)cccc21. The molecule has 0 saturated heterocycles. The van der Waals surface area contributed by atoms with E-state index in [0.29, 0.717) is 6.42 Å². The van der Waals surface area contributed by atoms with Gasteiger partial charge in [0.1, 0.15) is 11.3 Å². The summed E-state index contributed by atoms with van der Waals surface area (Å²) < 4.78 is 5.28. The van der Waals surface area contributed by atoms with Gasteiger partial charge in [-0.2, -0.15) is 0 Å². The van der Waals surface area contributed by atoms with Crippen molar-refractivity contribution in [2.24, 2.45) is 5.73 Å². The summed E-state index contributed by atoms with van der Waals surface area (Å²) in [6.45, 7) is 0. The fraction of sp³-hybridized carbons (Fsp3) is 0.417. The van der Waals surface area contributed by atoms with E-state index in [1.54, 1.807) is 14.2 Å². The Labute approximate surface area is 94.8 Å². The lowest BCUT2D eigenvalue weighted by Crippen LogP contribution is -2.48. The fourth-order valence-electron chi connectivity index (χ4n) is 2.35. The van der Waals surface area contributed by atoms with Crippen molar-refractivity contribution in [3.05, 3.63) is 29.3 Å². The van der Waals surface area contributed by atoms with Crippen LogP contribution < -0.4 is 15.8 Å². The molecule has 86 valence electrons. The van der Waals surface area contributed by atoms with Crippen LogP contribution in [0.25, 0.3) is 0 Å². The van der Waals surface area contributed by atoms with Gasteiger partial charge in [-0.25, -0.2) is 0 Å². The average Bonchev–Trinajstić information content (AvgIpc) is 2.67. The molecule has 1 aromatic carbocycles. The van der Waals surface area contributed by atoms with Gasteiger partial charge in [-0.1, -0.05) is 12.1 Å². The second-order valence-electron chi connectivity index (χ2n) is 4.04. The van der Waals surface area contributed by atoms with Crippen molar-refractivity contribution < 1.29 is 9.53 Å².